The number of hydrogen-bond acceptors (Lipinski definition) is 4. The Balaban J connectivity index is 0. The molecular formula is C18H31NaO4S. The molecule has 0 aliphatic heterocycles. The third kappa shape index (κ3) is 11.5. The molecule has 1 aromatic carbocycles. The van der Waals surface area contributed by atoms with E-state index in [0.29, 0.717) is 12.2 Å². The molecule has 0 saturated carbocycles. The van der Waals surface area contributed by atoms with E-state index in [1.165, 1.54) is 50.5 Å². The van der Waals surface area contributed by atoms with Gasteiger partial charge in [0, 0.05) is 0 Å². The van der Waals surface area contributed by atoms with E-state index in [9.17, 15) is 8.42 Å². The van der Waals surface area contributed by atoms with Gasteiger partial charge >= 0.3 is 39.7 Å². The molecule has 4 nitrogen and oxygen atoms in total. The van der Waals surface area contributed by atoms with Crippen molar-refractivity contribution >= 4 is 10.1 Å². The first-order valence-electron chi connectivity index (χ1n) is 8.75. The summed E-state index contributed by atoms with van der Waals surface area (Å²) in [5, 5.41) is 0. The molecular weight excluding hydrogens is 335 g/mol. The smallest absolute Gasteiger partial charge is 1.00 e. The Bertz CT molecular complexity index is 520. The molecule has 1 rings (SSSR count). The molecule has 24 heavy (non-hydrogen) atoms. The monoisotopic (exact) mass is 366 g/mol. The summed E-state index contributed by atoms with van der Waals surface area (Å²) >= 11 is 0. The number of hydrogen-bond donors (Lipinski definition) is 0. The van der Waals surface area contributed by atoms with E-state index < -0.39 is 10.1 Å². The minimum atomic E-state index is -3.59. The van der Waals surface area contributed by atoms with Crippen LogP contribution in [0.3, 0.4) is 0 Å². The molecule has 0 unspecified atom stereocenters. The quantitative estimate of drug-likeness (QED) is 0.232. The zero-order valence-electron chi connectivity index (χ0n) is 16.4. The van der Waals surface area contributed by atoms with Crippen LogP contribution < -0.4 is 34.4 Å². The van der Waals surface area contributed by atoms with Crippen LogP contribution in [0.2, 0.25) is 0 Å². The second kappa shape index (κ2) is 14.1. The predicted octanol–water partition coefficient (Wildman–Crippen LogP) is 2.15. The fourth-order valence-corrected chi connectivity index (χ4v) is 3.12. The van der Waals surface area contributed by atoms with Crippen LogP contribution in [0.25, 0.3) is 0 Å². The van der Waals surface area contributed by atoms with E-state index in [4.69, 9.17) is 4.89 Å². The molecule has 134 valence electrons. The maximum Gasteiger partial charge on any atom is 1.00 e. The van der Waals surface area contributed by atoms with Crippen molar-refractivity contribution in [2.24, 2.45) is 0 Å². The summed E-state index contributed by atoms with van der Waals surface area (Å²) < 4.78 is 27.3. The molecule has 0 heterocycles. The summed E-state index contributed by atoms with van der Waals surface area (Å²) in [6.07, 6.45) is 10.6. The average molecular weight is 366 g/mol. The van der Waals surface area contributed by atoms with Crippen LogP contribution in [0.15, 0.2) is 24.3 Å². The Labute approximate surface area is 171 Å². The Morgan fingerprint density at radius 2 is 1.46 bits per heavy atom. The number of unbranched alkanes of at least 4 members (excludes halogenated alkanes) is 6. The summed E-state index contributed by atoms with van der Waals surface area (Å²) in [6.45, 7) is 4.01. The van der Waals surface area contributed by atoms with Gasteiger partial charge in [-0.2, -0.15) is 8.42 Å². The number of benzene rings is 1. The molecule has 0 spiro atoms. The summed E-state index contributed by atoms with van der Waals surface area (Å²) in [5.74, 6) is 0.372. The van der Waals surface area contributed by atoms with E-state index in [0.717, 1.165) is 6.42 Å². The third-order valence-electron chi connectivity index (χ3n) is 3.68. The van der Waals surface area contributed by atoms with Gasteiger partial charge in [0.05, 0.1) is 5.75 Å². The Hall–Kier alpha value is -0.0700. The van der Waals surface area contributed by atoms with Crippen LogP contribution in [0.4, 0.5) is 0 Å². The van der Waals surface area contributed by atoms with Gasteiger partial charge in [-0.25, -0.2) is 0 Å². The van der Waals surface area contributed by atoms with Crippen molar-refractivity contribution in [1.82, 2.24) is 0 Å². The van der Waals surface area contributed by atoms with E-state index in [1.807, 2.05) is 12.1 Å². The largest absolute Gasteiger partial charge is 1.00 e. The molecule has 0 fully saturated rings. The van der Waals surface area contributed by atoms with E-state index >= 15 is 0 Å². The van der Waals surface area contributed by atoms with E-state index in [1.54, 1.807) is 19.1 Å². The van der Waals surface area contributed by atoms with Crippen LogP contribution in [-0.4, -0.2) is 14.2 Å². The third-order valence-corrected chi connectivity index (χ3v) is 4.86. The topological polar surface area (TPSA) is 52.6 Å². The standard InChI is InChI=1S/C18H30O4S.Na.H/c1-3-5-6-7-8-9-10-11-17-12-14-18(15-13-17)21-22-23(19,20)16-4-2;;/h12-15H,3-11,16H2,1-2H3;;/q;+1;-1. The second-order valence-electron chi connectivity index (χ2n) is 5.93. The maximum atomic E-state index is 11.4. The first kappa shape index (κ1) is 23.9. The molecule has 0 aliphatic rings. The van der Waals surface area contributed by atoms with Crippen molar-refractivity contribution in [2.75, 3.05) is 5.75 Å². The van der Waals surface area contributed by atoms with Crippen LogP contribution in [0.5, 0.6) is 5.75 Å². The zero-order valence-corrected chi connectivity index (χ0v) is 18.2. The van der Waals surface area contributed by atoms with Crippen molar-refractivity contribution in [3.05, 3.63) is 29.8 Å². The molecule has 6 heteroatoms. The minimum Gasteiger partial charge on any atom is -1.00 e. The molecule has 0 saturated heterocycles. The number of rotatable bonds is 13. The van der Waals surface area contributed by atoms with Crippen LogP contribution in [0, 0.1) is 0 Å². The second-order valence-corrected chi connectivity index (χ2v) is 7.59. The van der Waals surface area contributed by atoms with Gasteiger partial charge in [-0.15, -0.1) is 0 Å². The van der Waals surface area contributed by atoms with Gasteiger partial charge in [0.15, 0.2) is 5.75 Å². The SMILES string of the molecule is CCCCCCCCCc1ccc(OOS(=O)(=O)CCC)cc1.[H-].[Na+]. The van der Waals surface area contributed by atoms with Crippen LogP contribution in [-0.2, 0) is 20.9 Å². The molecule has 0 N–H and O–H groups in total. The van der Waals surface area contributed by atoms with Gasteiger partial charge < -0.3 is 6.31 Å². The van der Waals surface area contributed by atoms with E-state index in [-0.39, 0.29) is 36.7 Å². The summed E-state index contributed by atoms with van der Waals surface area (Å²) in [5.41, 5.74) is 1.24. The average Bonchev–Trinajstić information content (AvgIpc) is 2.53. The Morgan fingerprint density at radius 1 is 0.875 bits per heavy atom. The van der Waals surface area contributed by atoms with Gasteiger partial charge in [-0.3, -0.25) is 0 Å². The Kier molecular flexibility index (Phi) is 14.1. The molecule has 0 atom stereocenters. The van der Waals surface area contributed by atoms with Gasteiger partial charge in [0.2, 0.25) is 0 Å². The van der Waals surface area contributed by atoms with E-state index in [2.05, 4.69) is 11.3 Å². The van der Waals surface area contributed by atoms with Gasteiger partial charge in [0.25, 0.3) is 0 Å². The van der Waals surface area contributed by atoms with Crippen molar-refractivity contribution in [3.8, 4) is 5.75 Å². The predicted molar refractivity (Wildman–Crippen MR) is 95.0 cm³/mol. The Morgan fingerprint density at radius 3 is 2.04 bits per heavy atom. The maximum absolute atomic E-state index is 11.4. The molecule has 0 bridgehead atoms. The van der Waals surface area contributed by atoms with Crippen molar-refractivity contribution in [1.29, 1.82) is 0 Å². The zero-order chi connectivity index (χ0) is 17.0. The van der Waals surface area contributed by atoms with Crippen LogP contribution in [0.1, 0.15) is 72.2 Å². The van der Waals surface area contributed by atoms with Gasteiger partial charge in [-0.05, 0) is 37.0 Å². The first-order valence-corrected chi connectivity index (χ1v) is 10.3. The molecule has 0 amide bonds. The first-order chi connectivity index (χ1) is 11.1. The molecule has 1 aromatic rings. The fraction of sp³-hybridized carbons (Fsp3) is 0.667. The fourth-order valence-electron chi connectivity index (χ4n) is 2.37. The molecule has 0 aromatic heterocycles. The summed E-state index contributed by atoms with van der Waals surface area (Å²) in [6, 6.07) is 7.42. The van der Waals surface area contributed by atoms with Crippen molar-refractivity contribution < 1.29 is 48.6 Å². The molecule has 0 radical (unpaired) electrons. The molecule has 0 aliphatic carbocycles. The minimum absolute atomic E-state index is 0. The van der Waals surface area contributed by atoms with Gasteiger partial charge in [0.1, 0.15) is 0 Å². The van der Waals surface area contributed by atoms with Crippen LogP contribution >= 0.6 is 0 Å². The number of aryl methyl sites for hydroxylation is 1. The summed E-state index contributed by atoms with van der Waals surface area (Å²) in [4.78, 5) is 4.87. The van der Waals surface area contributed by atoms with Gasteiger partial charge in [-0.1, -0.05) is 68.8 Å². The van der Waals surface area contributed by atoms with Crippen molar-refractivity contribution in [2.45, 2.75) is 71.6 Å². The summed E-state index contributed by atoms with van der Waals surface area (Å²) in [7, 11) is -3.59. The van der Waals surface area contributed by atoms with Crippen molar-refractivity contribution in [3.63, 3.8) is 0 Å². The normalized spacial score (nSPS) is 11.1.